The second-order valence-electron chi connectivity index (χ2n) is 7.59. The molecule has 3 aromatic rings. The molecule has 1 aliphatic rings. The van der Waals surface area contributed by atoms with Crippen molar-refractivity contribution in [1.29, 1.82) is 0 Å². The Labute approximate surface area is 190 Å². The highest BCUT2D eigenvalue weighted by molar-refractivity contribution is 6.31. The van der Waals surface area contributed by atoms with Crippen molar-refractivity contribution in [3.8, 4) is 5.75 Å². The molecule has 0 aromatic heterocycles. The lowest BCUT2D eigenvalue weighted by molar-refractivity contribution is -0.139. The van der Waals surface area contributed by atoms with Gasteiger partial charge < -0.3 is 15.0 Å². The van der Waals surface area contributed by atoms with Crippen molar-refractivity contribution in [2.75, 3.05) is 5.32 Å². The highest BCUT2D eigenvalue weighted by Crippen LogP contribution is 2.31. The lowest BCUT2D eigenvalue weighted by Crippen LogP contribution is -2.38. The molecule has 0 fully saturated rings. The van der Waals surface area contributed by atoms with Gasteiger partial charge in [-0.1, -0.05) is 42.8 Å². The summed E-state index contributed by atoms with van der Waals surface area (Å²) in [4.78, 5) is 27.2. The molecule has 0 radical (unpaired) electrons. The SMILES string of the molecule is CCC1Oc2ccc(NC(=O)c3ccccc3)cc2CN(Cc2ccc(F)cc2Cl)C1=O. The molecule has 2 amide bonds. The fraction of sp³-hybridized carbons (Fsp3) is 0.200. The second-order valence-corrected chi connectivity index (χ2v) is 7.99. The first kappa shape index (κ1) is 21.8. The molecule has 1 atom stereocenters. The summed E-state index contributed by atoms with van der Waals surface area (Å²) < 4.78 is 19.4. The van der Waals surface area contributed by atoms with E-state index in [4.69, 9.17) is 16.3 Å². The van der Waals surface area contributed by atoms with Crippen molar-refractivity contribution in [1.82, 2.24) is 4.90 Å². The third-order valence-corrected chi connectivity index (χ3v) is 5.67. The smallest absolute Gasteiger partial charge is 0.264 e. The van der Waals surface area contributed by atoms with Crippen LogP contribution in [0.15, 0.2) is 66.7 Å². The molecule has 1 aliphatic heterocycles. The van der Waals surface area contributed by atoms with Crippen molar-refractivity contribution in [2.45, 2.75) is 32.5 Å². The maximum atomic E-state index is 13.4. The van der Waals surface area contributed by atoms with Crippen LogP contribution >= 0.6 is 11.6 Å². The molecule has 5 nitrogen and oxygen atoms in total. The van der Waals surface area contributed by atoms with Gasteiger partial charge >= 0.3 is 0 Å². The van der Waals surface area contributed by atoms with E-state index in [2.05, 4.69) is 5.32 Å². The van der Waals surface area contributed by atoms with E-state index in [9.17, 15) is 14.0 Å². The highest BCUT2D eigenvalue weighted by atomic mass is 35.5. The van der Waals surface area contributed by atoms with E-state index in [0.717, 1.165) is 5.56 Å². The van der Waals surface area contributed by atoms with Gasteiger partial charge in [-0.05, 0) is 54.4 Å². The number of nitrogens with one attached hydrogen (secondary N) is 1. The molecule has 0 aliphatic carbocycles. The van der Waals surface area contributed by atoms with E-state index >= 15 is 0 Å². The lowest BCUT2D eigenvalue weighted by Gasteiger charge is -2.23. The zero-order valence-corrected chi connectivity index (χ0v) is 18.2. The molecule has 7 heteroatoms. The lowest BCUT2D eigenvalue weighted by atomic mass is 10.1. The van der Waals surface area contributed by atoms with Crippen molar-refractivity contribution in [3.05, 3.63) is 94.3 Å². The van der Waals surface area contributed by atoms with E-state index in [1.807, 2.05) is 13.0 Å². The van der Waals surface area contributed by atoms with Gasteiger partial charge in [-0.15, -0.1) is 0 Å². The van der Waals surface area contributed by atoms with Gasteiger partial charge in [0.1, 0.15) is 11.6 Å². The molecular weight excluding hydrogens is 431 g/mol. The Morgan fingerprint density at radius 1 is 1.16 bits per heavy atom. The number of carbonyl (C=O) groups is 2. The average Bonchev–Trinajstić information content (AvgIpc) is 2.92. The molecule has 0 saturated carbocycles. The minimum absolute atomic E-state index is 0.168. The minimum Gasteiger partial charge on any atom is -0.480 e. The first-order valence-electron chi connectivity index (χ1n) is 10.3. The third kappa shape index (κ3) is 4.75. The normalized spacial score (nSPS) is 15.5. The first-order valence-corrected chi connectivity index (χ1v) is 10.7. The maximum Gasteiger partial charge on any atom is 0.264 e. The molecule has 3 aromatic carbocycles. The van der Waals surface area contributed by atoms with Crippen LogP contribution in [0.25, 0.3) is 0 Å². The number of rotatable bonds is 5. The molecule has 0 bridgehead atoms. The van der Waals surface area contributed by atoms with Crippen LogP contribution in [-0.2, 0) is 17.9 Å². The Hall–Kier alpha value is -3.38. The molecular formula is C25H22ClFN2O3. The summed E-state index contributed by atoms with van der Waals surface area (Å²) in [6.07, 6.45) is -0.140. The Bertz CT molecular complexity index is 1150. The van der Waals surface area contributed by atoms with Crippen LogP contribution in [0, 0.1) is 5.82 Å². The molecule has 0 spiro atoms. The van der Waals surface area contributed by atoms with E-state index in [1.165, 1.54) is 12.1 Å². The fourth-order valence-corrected chi connectivity index (χ4v) is 3.85. The summed E-state index contributed by atoms with van der Waals surface area (Å²) in [7, 11) is 0. The maximum absolute atomic E-state index is 13.4. The highest BCUT2D eigenvalue weighted by Gasteiger charge is 2.30. The Kier molecular flexibility index (Phi) is 6.42. The summed E-state index contributed by atoms with van der Waals surface area (Å²) >= 11 is 6.19. The Morgan fingerprint density at radius 2 is 1.94 bits per heavy atom. The number of hydrogen-bond acceptors (Lipinski definition) is 3. The van der Waals surface area contributed by atoms with Gasteiger partial charge in [-0.2, -0.15) is 0 Å². The van der Waals surface area contributed by atoms with E-state index in [1.54, 1.807) is 53.4 Å². The summed E-state index contributed by atoms with van der Waals surface area (Å²) in [6.45, 7) is 2.37. The number of anilines is 1. The van der Waals surface area contributed by atoms with Crippen LogP contribution in [0.4, 0.5) is 10.1 Å². The fourth-order valence-electron chi connectivity index (χ4n) is 3.63. The number of carbonyl (C=O) groups excluding carboxylic acids is 2. The predicted molar refractivity (Wildman–Crippen MR) is 121 cm³/mol. The van der Waals surface area contributed by atoms with Crippen molar-refractivity contribution < 1.29 is 18.7 Å². The number of halogens is 2. The number of fused-ring (bicyclic) bond motifs is 1. The molecule has 32 heavy (non-hydrogen) atoms. The van der Waals surface area contributed by atoms with Gasteiger partial charge in [0.05, 0.1) is 0 Å². The molecule has 1 heterocycles. The van der Waals surface area contributed by atoms with Crippen molar-refractivity contribution >= 4 is 29.1 Å². The molecule has 164 valence electrons. The molecule has 4 rings (SSSR count). The summed E-state index contributed by atoms with van der Waals surface area (Å²) in [6, 6.07) is 18.4. The third-order valence-electron chi connectivity index (χ3n) is 5.32. The Balaban J connectivity index is 1.60. The summed E-state index contributed by atoms with van der Waals surface area (Å²) in [5.41, 5.74) is 2.56. The monoisotopic (exact) mass is 452 g/mol. The number of hydrogen-bond donors (Lipinski definition) is 1. The van der Waals surface area contributed by atoms with Crippen molar-refractivity contribution in [3.63, 3.8) is 0 Å². The van der Waals surface area contributed by atoms with Crippen molar-refractivity contribution in [2.24, 2.45) is 0 Å². The number of benzene rings is 3. The molecule has 1 unspecified atom stereocenters. The van der Waals surface area contributed by atoms with Crippen LogP contribution in [0.2, 0.25) is 5.02 Å². The van der Waals surface area contributed by atoms with Gasteiger partial charge in [-0.25, -0.2) is 4.39 Å². The van der Waals surface area contributed by atoms with Crippen LogP contribution in [0.5, 0.6) is 5.75 Å². The number of nitrogens with zero attached hydrogens (tertiary/aromatic N) is 1. The molecule has 0 saturated heterocycles. The second kappa shape index (κ2) is 9.40. The summed E-state index contributed by atoms with van der Waals surface area (Å²) in [5.74, 6) is -0.230. The largest absolute Gasteiger partial charge is 0.480 e. The topological polar surface area (TPSA) is 58.6 Å². The predicted octanol–water partition coefficient (Wildman–Crippen LogP) is 5.43. The van der Waals surface area contributed by atoms with E-state index in [0.29, 0.717) is 29.0 Å². The van der Waals surface area contributed by atoms with E-state index < -0.39 is 11.9 Å². The quantitative estimate of drug-likeness (QED) is 0.561. The average molecular weight is 453 g/mol. The van der Waals surface area contributed by atoms with Crippen LogP contribution < -0.4 is 10.1 Å². The van der Waals surface area contributed by atoms with E-state index in [-0.39, 0.29) is 29.9 Å². The zero-order valence-electron chi connectivity index (χ0n) is 17.5. The van der Waals surface area contributed by atoms with Crippen LogP contribution in [0.3, 0.4) is 0 Å². The van der Waals surface area contributed by atoms with Gasteiger partial charge in [0.2, 0.25) is 0 Å². The number of amides is 2. The van der Waals surface area contributed by atoms with Crippen LogP contribution in [-0.4, -0.2) is 22.8 Å². The van der Waals surface area contributed by atoms with Crippen LogP contribution in [0.1, 0.15) is 34.8 Å². The molecule has 1 N–H and O–H groups in total. The van der Waals surface area contributed by atoms with Gasteiger partial charge in [0.15, 0.2) is 6.10 Å². The number of ether oxygens (including phenoxy) is 1. The Morgan fingerprint density at radius 3 is 2.66 bits per heavy atom. The summed E-state index contributed by atoms with van der Waals surface area (Å²) in [5, 5.41) is 3.15. The van der Waals surface area contributed by atoms with Gasteiger partial charge in [0.25, 0.3) is 11.8 Å². The standard InChI is InChI=1S/C25H22ClFN2O3/c1-2-22-25(31)29(14-17-8-9-19(27)13-21(17)26)15-18-12-20(10-11-23(18)32-22)28-24(30)16-6-4-3-5-7-16/h3-13,22H,2,14-15H2,1H3,(H,28,30). The first-order chi connectivity index (χ1) is 15.4. The minimum atomic E-state index is -0.639. The van der Waals surface area contributed by atoms with Gasteiger partial charge in [0, 0.05) is 34.9 Å². The van der Waals surface area contributed by atoms with Gasteiger partial charge in [-0.3, -0.25) is 9.59 Å². The zero-order chi connectivity index (χ0) is 22.7.